The highest BCUT2D eigenvalue weighted by Crippen LogP contribution is 2.46. The number of hydrogen-bond acceptors (Lipinski definition) is 7. The zero-order valence-corrected chi connectivity index (χ0v) is 22.3. The van der Waals surface area contributed by atoms with Crippen LogP contribution in [0.15, 0.2) is 73.8 Å². The first kappa shape index (κ1) is 24.4. The molecule has 7 nitrogen and oxygen atoms in total. The molecule has 1 fully saturated rings. The SMILES string of the molecule is O=C(Cc1cccs1)NC1C(=O)N2C(C(=O)O)=C(Sc3ccc4c(c3)oc3c(CCl)cccc34)CS[C@@H]12. The van der Waals surface area contributed by atoms with Gasteiger partial charge in [0.15, 0.2) is 0 Å². The highest BCUT2D eigenvalue weighted by atomic mass is 35.5. The second-order valence-corrected chi connectivity index (χ2v) is 12.2. The van der Waals surface area contributed by atoms with Crippen LogP contribution >= 0.6 is 46.5 Å². The monoisotopic (exact) mass is 570 g/mol. The Kier molecular flexibility index (Phi) is 6.44. The maximum Gasteiger partial charge on any atom is 0.353 e. The summed E-state index contributed by atoms with van der Waals surface area (Å²) in [7, 11) is 0. The maximum absolute atomic E-state index is 12.9. The number of halogens is 1. The van der Waals surface area contributed by atoms with Crippen molar-refractivity contribution in [3.05, 3.63) is 75.0 Å². The fraction of sp³-hybridized carbons (Fsp3) is 0.192. The number of hydrogen-bond donors (Lipinski definition) is 2. The summed E-state index contributed by atoms with van der Waals surface area (Å²) in [5.74, 6) is -1.08. The van der Waals surface area contributed by atoms with E-state index < -0.39 is 23.3 Å². The number of rotatable bonds is 7. The minimum Gasteiger partial charge on any atom is -0.477 e. The predicted molar refractivity (Wildman–Crippen MR) is 147 cm³/mol. The Morgan fingerprint density at radius 2 is 2.05 bits per heavy atom. The van der Waals surface area contributed by atoms with Gasteiger partial charge in [0.1, 0.15) is 28.3 Å². The molecule has 37 heavy (non-hydrogen) atoms. The van der Waals surface area contributed by atoms with Crippen LogP contribution in [0.3, 0.4) is 0 Å². The van der Waals surface area contributed by atoms with E-state index in [4.69, 9.17) is 16.0 Å². The molecule has 2 amide bonds. The largest absolute Gasteiger partial charge is 0.477 e. The van der Waals surface area contributed by atoms with Crippen molar-refractivity contribution < 1.29 is 23.9 Å². The summed E-state index contributed by atoms with van der Waals surface area (Å²) < 4.78 is 6.09. The van der Waals surface area contributed by atoms with E-state index in [0.717, 1.165) is 31.7 Å². The molecule has 11 heteroatoms. The highest BCUT2D eigenvalue weighted by molar-refractivity contribution is 8.06. The van der Waals surface area contributed by atoms with Crippen molar-refractivity contribution in [3.63, 3.8) is 0 Å². The number of β-lactam (4-membered cyclic amide) rings is 1. The number of nitrogens with zero attached hydrogens (tertiary/aromatic N) is 1. The molecule has 1 saturated heterocycles. The lowest BCUT2D eigenvalue weighted by atomic mass is 10.0. The van der Waals surface area contributed by atoms with E-state index in [-0.39, 0.29) is 18.0 Å². The fourth-order valence-electron chi connectivity index (χ4n) is 4.61. The standard InChI is InChI=1S/C26H19ClN2O5S3/c27-11-13-3-1-5-17-16-7-6-15(9-18(16)34-23(13)17)37-19-12-36-25-21(24(31)29(25)22(19)26(32)33)28-20(30)10-14-4-2-8-35-14/h1-9,21,25H,10-12H2,(H,28,30)(H,32,33)/t21?,25-/m0/s1. The maximum atomic E-state index is 12.9. The van der Waals surface area contributed by atoms with Crippen LogP contribution in [0, 0.1) is 0 Å². The van der Waals surface area contributed by atoms with E-state index in [1.54, 1.807) is 0 Å². The number of carbonyl (C=O) groups excluding carboxylic acids is 2. The van der Waals surface area contributed by atoms with Gasteiger partial charge in [-0.15, -0.1) is 34.7 Å². The lowest BCUT2D eigenvalue weighted by Gasteiger charge is -2.49. The molecule has 2 aliphatic heterocycles. The first-order valence-electron chi connectivity index (χ1n) is 11.4. The molecule has 4 aromatic rings. The first-order valence-corrected chi connectivity index (χ1v) is 14.6. The summed E-state index contributed by atoms with van der Waals surface area (Å²) in [5, 5.41) is 16.2. The van der Waals surface area contributed by atoms with Gasteiger partial charge in [-0.05, 0) is 29.6 Å². The zero-order chi connectivity index (χ0) is 25.7. The number of carboxylic acid groups (broad SMARTS) is 1. The molecule has 188 valence electrons. The summed E-state index contributed by atoms with van der Waals surface area (Å²) in [6.45, 7) is 0. The van der Waals surface area contributed by atoms with Gasteiger partial charge in [-0.3, -0.25) is 14.5 Å². The van der Waals surface area contributed by atoms with Gasteiger partial charge in [0, 0.05) is 36.8 Å². The molecule has 0 radical (unpaired) electrons. The number of benzene rings is 2. The summed E-state index contributed by atoms with van der Waals surface area (Å²) in [4.78, 5) is 41.2. The zero-order valence-electron chi connectivity index (χ0n) is 19.1. The summed E-state index contributed by atoms with van der Waals surface area (Å²) in [6.07, 6.45) is 0.193. The van der Waals surface area contributed by atoms with Crippen molar-refractivity contribution in [3.8, 4) is 0 Å². The Morgan fingerprint density at radius 1 is 1.19 bits per heavy atom. The van der Waals surface area contributed by atoms with Crippen LogP contribution in [0.4, 0.5) is 0 Å². The summed E-state index contributed by atoms with van der Waals surface area (Å²) in [6, 6.07) is 14.6. The van der Waals surface area contributed by atoms with E-state index in [2.05, 4.69) is 5.32 Å². The van der Waals surface area contributed by atoms with Crippen molar-refractivity contribution in [2.45, 2.75) is 28.6 Å². The number of thioether (sulfide) groups is 2. The molecule has 6 rings (SSSR count). The molecule has 2 N–H and O–H groups in total. The third kappa shape index (κ3) is 4.31. The van der Waals surface area contributed by atoms with Crippen molar-refractivity contribution in [2.24, 2.45) is 0 Å². The van der Waals surface area contributed by atoms with Crippen LogP contribution in [0.2, 0.25) is 0 Å². The van der Waals surface area contributed by atoms with Gasteiger partial charge in [0.2, 0.25) is 5.91 Å². The van der Waals surface area contributed by atoms with Crippen molar-refractivity contribution in [1.29, 1.82) is 0 Å². The Bertz CT molecular complexity index is 1600. The number of thiophene rings is 1. The molecular weight excluding hydrogens is 552 g/mol. The van der Waals surface area contributed by atoms with E-state index in [9.17, 15) is 19.5 Å². The fourth-order valence-corrected chi connectivity index (χ4v) is 8.03. The lowest BCUT2D eigenvalue weighted by Crippen LogP contribution is -2.70. The molecular formula is C26H19ClN2O5S3. The lowest BCUT2D eigenvalue weighted by molar-refractivity contribution is -0.150. The Balaban J connectivity index is 1.24. The normalized spacial score (nSPS) is 19.3. The molecule has 2 atom stereocenters. The number of furan rings is 1. The van der Waals surface area contributed by atoms with Crippen molar-refractivity contribution in [1.82, 2.24) is 10.2 Å². The molecule has 0 aliphatic carbocycles. The van der Waals surface area contributed by atoms with Crippen LogP contribution < -0.4 is 5.32 Å². The topological polar surface area (TPSA) is 99.9 Å². The van der Waals surface area contributed by atoms with Gasteiger partial charge in [-0.25, -0.2) is 4.79 Å². The molecule has 1 unspecified atom stereocenters. The number of alkyl halides is 1. The number of aliphatic carboxylic acids is 1. The number of fused-ring (bicyclic) bond motifs is 4. The van der Waals surface area contributed by atoms with E-state index >= 15 is 0 Å². The molecule has 2 aromatic heterocycles. The van der Waals surface area contributed by atoms with Crippen LogP contribution in [0.1, 0.15) is 10.4 Å². The molecule has 4 heterocycles. The summed E-state index contributed by atoms with van der Waals surface area (Å²) >= 11 is 10.3. The smallest absolute Gasteiger partial charge is 0.353 e. The molecule has 2 aliphatic rings. The predicted octanol–water partition coefficient (Wildman–Crippen LogP) is 5.42. The van der Waals surface area contributed by atoms with E-state index in [1.807, 2.05) is 53.9 Å². The third-order valence-electron chi connectivity index (χ3n) is 6.30. The molecule has 0 saturated carbocycles. The quantitative estimate of drug-likeness (QED) is 0.226. The Hall–Kier alpha value is -2.92. The number of para-hydroxylation sites is 1. The average Bonchev–Trinajstić information content (AvgIpc) is 3.53. The highest BCUT2D eigenvalue weighted by Gasteiger charge is 2.54. The first-order chi connectivity index (χ1) is 17.9. The number of amides is 2. The van der Waals surface area contributed by atoms with Crippen LogP contribution in [-0.4, -0.2) is 45.0 Å². The molecule has 0 spiro atoms. The molecule has 2 aromatic carbocycles. The number of nitrogens with one attached hydrogen (secondary N) is 1. The number of carboxylic acids is 1. The van der Waals surface area contributed by atoms with Gasteiger partial charge in [-0.2, -0.15) is 0 Å². The Morgan fingerprint density at radius 3 is 2.81 bits per heavy atom. The van der Waals surface area contributed by atoms with Gasteiger partial charge in [0.05, 0.1) is 12.3 Å². The summed E-state index contributed by atoms with van der Waals surface area (Å²) in [5.41, 5.74) is 2.31. The second kappa shape index (κ2) is 9.75. The van der Waals surface area contributed by atoms with Crippen molar-refractivity contribution >= 4 is 86.2 Å². The van der Waals surface area contributed by atoms with Crippen LogP contribution in [0.25, 0.3) is 21.9 Å². The second-order valence-electron chi connectivity index (χ2n) is 8.58. The number of carbonyl (C=O) groups is 3. The minimum atomic E-state index is -1.17. The van der Waals surface area contributed by atoms with Crippen molar-refractivity contribution in [2.75, 3.05) is 5.75 Å². The minimum absolute atomic E-state index is 0.0309. The van der Waals surface area contributed by atoms with Gasteiger partial charge >= 0.3 is 5.97 Å². The third-order valence-corrected chi connectivity index (χ3v) is 10.0. The van der Waals surface area contributed by atoms with E-state index in [0.29, 0.717) is 22.1 Å². The van der Waals surface area contributed by atoms with Gasteiger partial charge in [-0.1, -0.05) is 36.0 Å². The van der Waals surface area contributed by atoms with E-state index in [1.165, 1.54) is 39.8 Å². The van der Waals surface area contributed by atoms with Crippen LogP contribution in [-0.2, 0) is 26.7 Å². The van der Waals surface area contributed by atoms with Gasteiger partial charge < -0.3 is 14.8 Å². The van der Waals surface area contributed by atoms with Gasteiger partial charge in [0.25, 0.3) is 5.91 Å². The average molecular weight is 571 g/mol. The Labute approximate surface area is 228 Å². The van der Waals surface area contributed by atoms with Crippen LogP contribution in [0.5, 0.6) is 0 Å². The molecule has 0 bridgehead atoms.